The predicted octanol–water partition coefficient (Wildman–Crippen LogP) is 6.53. The highest BCUT2D eigenvalue weighted by atomic mass is 16.3. The van der Waals surface area contributed by atoms with Gasteiger partial charge in [-0.05, 0) is 85.9 Å². The van der Waals surface area contributed by atoms with E-state index in [1.165, 1.54) is 32.1 Å². The van der Waals surface area contributed by atoms with Crippen molar-refractivity contribution in [2.45, 2.75) is 93.1 Å². The molecule has 0 aromatic heterocycles. The average Bonchev–Trinajstić information content (AvgIpc) is 2.90. The van der Waals surface area contributed by atoms with Crippen molar-refractivity contribution in [3.8, 4) is 0 Å². The molecule has 0 bridgehead atoms. The Bertz CT molecular complexity index is 666. The molecule has 4 aliphatic carbocycles. The van der Waals surface area contributed by atoms with E-state index in [2.05, 4.69) is 60.6 Å². The number of rotatable bonds is 0. The summed E-state index contributed by atoms with van der Waals surface area (Å²) in [7, 11) is 0. The van der Waals surface area contributed by atoms with Crippen molar-refractivity contribution in [2.24, 2.45) is 39.4 Å². The maximum absolute atomic E-state index is 10.7. The van der Waals surface area contributed by atoms with E-state index in [0.29, 0.717) is 34.0 Å². The van der Waals surface area contributed by atoms with Gasteiger partial charge in [0.25, 0.3) is 0 Å². The van der Waals surface area contributed by atoms with Crippen LogP contribution >= 0.6 is 0 Å². The molecule has 0 aliphatic heterocycles. The summed E-state index contributed by atoms with van der Waals surface area (Å²) in [5, 5.41) is 10.7. The van der Waals surface area contributed by atoms with Crippen LogP contribution in [0.3, 0.4) is 0 Å². The highest BCUT2D eigenvalue weighted by Gasteiger charge is 2.66. The van der Waals surface area contributed by atoms with E-state index in [0.717, 1.165) is 6.42 Å². The van der Waals surface area contributed by atoms with Crippen molar-refractivity contribution in [2.75, 3.05) is 0 Å². The molecule has 0 unspecified atom stereocenters. The van der Waals surface area contributed by atoms with E-state index in [9.17, 15) is 5.11 Å². The Labute approximate surface area is 161 Å². The number of fused-ring (bicyclic) bond motifs is 5. The summed E-state index contributed by atoms with van der Waals surface area (Å²) in [5.41, 5.74) is 4.41. The molecule has 0 amide bonds. The maximum atomic E-state index is 10.7. The van der Waals surface area contributed by atoms with E-state index in [1.54, 1.807) is 11.1 Å². The first kappa shape index (κ1) is 18.8. The molecule has 0 aromatic rings. The molecular formula is C25H40O. The Kier molecular flexibility index (Phi) is 3.97. The Morgan fingerprint density at radius 3 is 2.27 bits per heavy atom. The molecule has 4 aliphatic rings. The molecule has 0 saturated heterocycles. The molecule has 1 nitrogen and oxygen atoms in total. The fraction of sp³-hybridized carbons (Fsp3) is 0.840. The topological polar surface area (TPSA) is 20.2 Å². The van der Waals surface area contributed by atoms with Gasteiger partial charge in [0.2, 0.25) is 0 Å². The largest absolute Gasteiger partial charge is 0.393 e. The van der Waals surface area contributed by atoms with Gasteiger partial charge in [0.05, 0.1) is 6.10 Å². The summed E-state index contributed by atoms with van der Waals surface area (Å²) in [5.74, 6) is 1.93. The zero-order valence-electron chi connectivity index (χ0n) is 18.2. The summed E-state index contributed by atoms with van der Waals surface area (Å²) >= 11 is 0. The SMILES string of the molecule is CC(C)=C1CC[C@@]2(C)[C@@H]1C=C[C@@H]1[C@@]3(C)CC[C@H](O)C(C)(C)[C@@H]3CC[C@@]12C. The van der Waals surface area contributed by atoms with Gasteiger partial charge >= 0.3 is 0 Å². The van der Waals surface area contributed by atoms with Gasteiger partial charge in [-0.15, -0.1) is 0 Å². The average molecular weight is 357 g/mol. The fourth-order valence-corrected chi connectivity index (χ4v) is 8.39. The lowest BCUT2D eigenvalue weighted by Gasteiger charge is -2.68. The number of allylic oxidation sites excluding steroid dienone is 4. The summed E-state index contributed by atoms with van der Waals surface area (Å²) in [6, 6.07) is 0. The van der Waals surface area contributed by atoms with Gasteiger partial charge in [-0.2, -0.15) is 0 Å². The van der Waals surface area contributed by atoms with Crippen LogP contribution in [0, 0.1) is 39.4 Å². The van der Waals surface area contributed by atoms with Crippen molar-refractivity contribution in [1.29, 1.82) is 0 Å². The Hall–Kier alpha value is -0.560. The number of aliphatic hydroxyl groups is 1. The normalized spacial score (nSPS) is 52.2. The molecule has 0 aromatic carbocycles. The molecule has 3 fully saturated rings. The minimum atomic E-state index is -0.135. The molecule has 7 atom stereocenters. The molecule has 0 heterocycles. The minimum absolute atomic E-state index is 0.0423. The van der Waals surface area contributed by atoms with Gasteiger partial charge in [0, 0.05) is 5.92 Å². The van der Waals surface area contributed by atoms with E-state index in [-0.39, 0.29) is 11.5 Å². The van der Waals surface area contributed by atoms with Crippen LogP contribution in [0.4, 0.5) is 0 Å². The van der Waals surface area contributed by atoms with Gasteiger partial charge in [-0.25, -0.2) is 0 Å². The summed E-state index contributed by atoms with van der Waals surface area (Å²) in [4.78, 5) is 0. The maximum Gasteiger partial charge on any atom is 0.0594 e. The second-order valence-corrected chi connectivity index (χ2v) is 11.7. The van der Waals surface area contributed by atoms with E-state index < -0.39 is 0 Å². The van der Waals surface area contributed by atoms with E-state index in [1.807, 2.05) is 0 Å². The Morgan fingerprint density at radius 1 is 0.923 bits per heavy atom. The quantitative estimate of drug-likeness (QED) is 0.489. The van der Waals surface area contributed by atoms with Gasteiger partial charge in [0.1, 0.15) is 0 Å². The van der Waals surface area contributed by atoms with Crippen molar-refractivity contribution in [3.63, 3.8) is 0 Å². The van der Waals surface area contributed by atoms with Crippen molar-refractivity contribution in [3.05, 3.63) is 23.3 Å². The molecule has 3 saturated carbocycles. The van der Waals surface area contributed by atoms with Gasteiger partial charge in [0.15, 0.2) is 0 Å². The van der Waals surface area contributed by atoms with Crippen LogP contribution in [0.1, 0.15) is 87.0 Å². The van der Waals surface area contributed by atoms with Crippen molar-refractivity contribution in [1.82, 2.24) is 0 Å². The van der Waals surface area contributed by atoms with Crippen LogP contribution in [0.25, 0.3) is 0 Å². The van der Waals surface area contributed by atoms with Crippen LogP contribution in [0.2, 0.25) is 0 Å². The third-order valence-corrected chi connectivity index (χ3v) is 10.3. The molecule has 0 radical (unpaired) electrons. The second-order valence-electron chi connectivity index (χ2n) is 11.7. The molecule has 26 heavy (non-hydrogen) atoms. The van der Waals surface area contributed by atoms with Crippen LogP contribution in [-0.4, -0.2) is 11.2 Å². The standard InChI is InChI=1S/C25H40O/c1-16(2)17-10-14-24(6)18(17)8-9-20-23(5)13-12-21(26)22(3,4)19(23)11-15-25(20,24)7/h8-9,18-21,26H,10-15H2,1-7H3/t18-,19+,20-,21+,23+,24+,25+/m1/s1. The number of aliphatic hydroxyl groups excluding tert-OH is 1. The predicted molar refractivity (Wildman–Crippen MR) is 110 cm³/mol. The first-order chi connectivity index (χ1) is 12.0. The second kappa shape index (κ2) is 5.49. The lowest BCUT2D eigenvalue weighted by Crippen LogP contribution is -2.62. The van der Waals surface area contributed by atoms with Crippen LogP contribution in [-0.2, 0) is 0 Å². The molecule has 1 N–H and O–H groups in total. The molecule has 0 spiro atoms. The van der Waals surface area contributed by atoms with Crippen LogP contribution in [0.5, 0.6) is 0 Å². The minimum Gasteiger partial charge on any atom is -0.393 e. The molecule has 4 rings (SSSR count). The van der Waals surface area contributed by atoms with Crippen LogP contribution in [0.15, 0.2) is 23.3 Å². The number of hydrogen-bond donors (Lipinski definition) is 1. The lowest BCUT2D eigenvalue weighted by molar-refractivity contribution is -0.188. The van der Waals surface area contributed by atoms with E-state index >= 15 is 0 Å². The lowest BCUT2D eigenvalue weighted by atomic mass is 9.37. The first-order valence-electron chi connectivity index (χ1n) is 11.0. The van der Waals surface area contributed by atoms with Crippen LogP contribution < -0.4 is 0 Å². The summed E-state index contributed by atoms with van der Waals surface area (Å²) < 4.78 is 0. The van der Waals surface area contributed by atoms with Crippen molar-refractivity contribution >= 4 is 0 Å². The third-order valence-electron chi connectivity index (χ3n) is 10.3. The van der Waals surface area contributed by atoms with Crippen molar-refractivity contribution < 1.29 is 5.11 Å². The summed E-state index contributed by atoms with van der Waals surface area (Å²) in [6.07, 6.45) is 12.5. The Morgan fingerprint density at radius 2 is 1.62 bits per heavy atom. The smallest absolute Gasteiger partial charge is 0.0594 e. The zero-order chi connectivity index (χ0) is 19.1. The highest BCUT2D eigenvalue weighted by molar-refractivity contribution is 5.34. The highest BCUT2D eigenvalue weighted by Crippen LogP contribution is 2.73. The third kappa shape index (κ3) is 2.07. The van der Waals surface area contributed by atoms with Gasteiger partial charge in [-0.3, -0.25) is 0 Å². The number of hydrogen-bond acceptors (Lipinski definition) is 1. The van der Waals surface area contributed by atoms with Gasteiger partial charge in [-0.1, -0.05) is 57.9 Å². The Balaban J connectivity index is 1.81. The van der Waals surface area contributed by atoms with Gasteiger partial charge < -0.3 is 5.11 Å². The zero-order valence-corrected chi connectivity index (χ0v) is 18.2. The molecule has 1 heteroatoms. The monoisotopic (exact) mass is 356 g/mol. The van der Waals surface area contributed by atoms with E-state index in [4.69, 9.17) is 0 Å². The molecular weight excluding hydrogens is 316 g/mol. The first-order valence-corrected chi connectivity index (χ1v) is 11.0. The fourth-order valence-electron chi connectivity index (χ4n) is 8.39. The molecule has 146 valence electrons. The summed E-state index contributed by atoms with van der Waals surface area (Å²) in [6.45, 7) is 17.1.